The normalized spacial score (nSPS) is 11.1. The lowest BCUT2D eigenvalue weighted by Crippen LogP contribution is -2.04. The second-order valence-electron chi connectivity index (χ2n) is 3.05. The van der Waals surface area contributed by atoms with Crippen molar-refractivity contribution in [2.75, 3.05) is 0 Å². The fourth-order valence-electron chi connectivity index (χ4n) is 1.45. The van der Waals surface area contributed by atoms with Crippen LogP contribution < -0.4 is 4.74 Å². The van der Waals surface area contributed by atoms with Gasteiger partial charge in [0.2, 0.25) is 5.88 Å². The van der Waals surface area contributed by atoms with Crippen molar-refractivity contribution >= 4 is 22.8 Å². The summed E-state index contributed by atoms with van der Waals surface area (Å²) in [4.78, 5) is 3.89. The Kier molecular flexibility index (Phi) is 3.39. The molecule has 17 heavy (non-hydrogen) atoms. The summed E-state index contributed by atoms with van der Waals surface area (Å²) in [5, 5.41) is 0.0926. The third-order valence-corrected chi connectivity index (χ3v) is 2.65. The van der Waals surface area contributed by atoms with E-state index in [1.807, 2.05) is 0 Å². The maximum Gasteiger partial charge on any atom is 0.388 e. The van der Waals surface area contributed by atoms with Crippen LogP contribution in [0.25, 0.3) is 10.8 Å². The highest BCUT2D eigenvalue weighted by atomic mass is 32.2. The molecule has 0 spiro atoms. The molecule has 0 saturated carbocycles. The van der Waals surface area contributed by atoms with Crippen LogP contribution in [0.2, 0.25) is 0 Å². The zero-order valence-electron chi connectivity index (χ0n) is 8.23. The van der Waals surface area contributed by atoms with E-state index in [4.69, 9.17) is 4.55 Å². The number of ether oxygens (including phenoxy) is 1. The van der Waals surface area contributed by atoms with Crippen LogP contribution in [-0.2, 0) is 0 Å². The maximum atomic E-state index is 13.6. The highest BCUT2D eigenvalue weighted by Gasteiger charge is 2.15. The van der Waals surface area contributed by atoms with E-state index in [1.54, 1.807) is 0 Å². The summed E-state index contributed by atoms with van der Waals surface area (Å²) in [5.74, 6) is -1.23. The third kappa shape index (κ3) is 2.29. The summed E-state index contributed by atoms with van der Waals surface area (Å²) in [6, 6.07) is 3.81. The van der Waals surface area contributed by atoms with Gasteiger partial charge in [0.15, 0.2) is 0 Å². The van der Waals surface area contributed by atoms with E-state index < -0.39 is 18.3 Å². The molecule has 0 fully saturated rings. The number of aromatic nitrogens is 1. The van der Waals surface area contributed by atoms with E-state index in [0.29, 0.717) is 16.9 Å². The Labute approximate surface area is 98.4 Å². The maximum absolute atomic E-state index is 13.6. The fourth-order valence-corrected chi connectivity index (χ4v) is 1.85. The van der Waals surface area contributed by atoms with Crippen LogP contribution in [0, 0.1) is 5.82 Å². The molecule has 2 aromatic rings. The topological polar surface area (TPSA) is 42.4 Å². The van der Waals surface area contributed by atoms with E-state index in [1.165, 1.54) is 18.3 Å². The van der Waals surface area contributed by atoms with Crippen molar-refractivity contribution in [1.29, 1.82) is 0 Å². The Morgan fingerprint density at radius 1 is 1.29 bits per heavy atom. The first-order chi connectivity index (χ1) is 8.13. The lowest BCUT2D eigenvalue weighted by Gasteiger charge is -2.09. The predicted octanol–water partition coefficient (Wildman–Crippen LogP) is 3.54. The van der Waals surface area contributed by atoms with Gasteiger partial charge in [-0.25, -0.2) is 9.37 Å². The number of benzene rings is 1. The summed E-state index contributed by atoms with van der Waals surface area (Å²) in [6.45, 7) is -3.09. The Hall–Kier alpha value is -1.47. The van der Waals surface area contributed by atoms with Gasteiger partial charge in [-0.05, 0) is 18.2 Å². The van der Waals surface area contributed by atoms with Gasteiger partial charge in [0, 0.05) is 28.5 Å². The molecule has 0 aliphatic carbocycles. The minimum atomic E-state index is -3.09. The molecule has 0 bridgehead atoms. The zero-order chi connectivity index (χ0) is 12.4. The molecule has 1 heterocycles. The molecule has 90 valence electrons. The van der Waals surface area contributed by atoms with Crippen LogP contribution in [0.1, 0.15) is 0 Å². The Balaban J connectivity index is 2.70. The van der Waals surface area contributed by atoms with Gasteiger partial charge in [-0.3, -0.25) is 0 Å². The fraction of sp³-hybridized carbons (Fsp3) is 0.100. The predicted molar refractivity (Wildman–Crippen MR) is 56.8 cm³/mol. The van der Waals surface area contributed by atoms with Crippen molar-refractivity contribution in [3.63, 3.8) is 0 Å². The number of fused-ring (bicyclic) bond motifs is 1. The van der Waals surface area contributed by atoms with Gasteiger partial charge in [0.05, 0.1) is 5.39 Å². The molecule has 0 amide bonds. The first kappa shape index (κ1) is 12.0. The van der Waals surface area contributed by atoms with Crippen molar-refractivity contribution in [2.45, 2.75) is 11.5 Å². The van der Waals surface area contributed by atoms with Crippen molar-refractivity contribution in [3.05, 3.63) is 30.2 Å². The smallest absolute Gasteiger partial charge is 0.388 e. The molecule has 1 N–H and O–H groups in total. The minimum Gasteiger partial charge on any atom is -0.416 e. The summed E-state index contributed by atoms with van der Waals surface area (Å²) < 4.78 is 50.9. The second kappa shape index (κ2) is 4.80. The van der Waals surface area contributed by atoms with E-state index in [-0.39, 0.29) is 10.8 Å². The summed E-state index contributed by atoms with van der Waals surface area (Å²) in [7, 11) is 0. The molecule has 3 nitrogen and oxygen atoms in total. The summed E-state index contributed by atoms with van der Waals surface area (Å²) in [5.41, 5.74) is 0. The SMILES string of the molecule is OSc1ccc(F)c2c(OC(F)F)nccc12. The molecule has 0 saturated heterocycles. The monoisotopic (exact) mass is 261 g/mol. The van der Waals surface area contributed by atoms with Crippen molar-refractivity contribution in [1.82, 2.24) is 4.98 Å². The Morgan fingerprint density at radius 2 is 2.06 bits per heavy atom. The third-order valence-electron chi connectivity index (χ3n) is 2.10. The second-order valence-corrected chi connectivity index (χ2v) is 3.68. The summed E-state index contributed by atoms with van der Waals surface area (Å²) in [6.07, 6.45) is 1.21. The van der Waals surface area contributed by atoms with Crippen LogP contribution in [0.5, 0.6) is 5.88 Å². The number of nitrogens with zero attached hydrogens (tertiary/aromatic N) is 1. The van der Waals surface area contributed by atoms with Crippen LogP contribution in [0.3, 0.4) is 0 Å². The quantitative estimate of drug-likeness (QED) is 0.858. The molecule has 0 atom stereocenters. The number of alkyl halides is 2. The molecule has 0 radical (unpaired) electrons. The number of pyridine rings is 1. The highest BCUT2D eigenvalue weighted by Crippen LogP contribution is 2.33. The first-order valence-electron chi connectivity index (χ1n) is 4.47. The van der Waals surface area contributed by atoms with Gasteiger partial charge in [-0.1, -0.05) is 0 Å². The first-order valence-corrected chi connectivity index (χ1v) is 5.24. The molecule has 0 aliphatic heterocycles. The average molecular weight is 261 g/mol. The van der Waals surface area contributed by atoms with E-state index >= 15 is 0 Å². The van der Waals surface area contributed by atoms with Gasteiger partial charge in [0.25, 0.3) is 0 Å². The molecule has 2 rings (SSSR count). The molecular weight excluding hydrogens is 255 g/mol. The van der Waals surface area contributed by atoms with Gasteiger partial charge in [-0.15, -0.1) is 0 Å². The van der Waals surface area contributed by atoms with Crippen LogP contribution in [-0.4, -0.2) is 16.1 Å². The molecule has 1 aromatic heterocycles. The molecule has 7 heteroatoms. The van der Waals surface area contributed by atoms with Gasteiger partial charge < -0.3 is 9.29 Å². The van der Waals surface area contributed by atoms with E-state index in [2.05, 4.69) is 9.72 Å². The van der Waals surface area contributed by atoms with Gasteiger partial charge in [-0.2, -0.15) is 8.78 Å². The standard InChI is InChI=1S/C10H6F3NO2S/c11-6-1-2-7(17-15)5-3-4-14-9(8(5)6)16-10(12)13/h1-4,10,15H. The van der Waals surface area contributed by atoms with Crippen molar-refractivity contribution in [3.8, 4) is 5.88 Å². The van der Waals surface area contributed by atoms with Crippen molar-refractivity contribution in [2.24, 2.45) is 0 Å². The Morgan fingerprint density at radius 3 is 2.71 bits per heavy atom. The average Bonchev–Trinajstić information content (AvgIpc) is 2.29. The van der Waals surface area contributed by atoms with E-state index in [0.717, 1.165) is 6.07 Å². The number of hydrogen-bond acceptors (Lipinski definition) is 4. The summed E-state index contributed by atoms with van der Waals surface area (Å²) >= 11 is 0.397. The van der Waals surface area contributed by atoms with Gasteiger partial charge >= 0.3 is 6.61 Å². The molecule has 0 aliphatic rings. The molecular formula is C10H6F3NO2S. The van der Waals surface area contributed by atoms with E-state index in [9.17, 15) is 13.2 Å². The van der Waals surface area contributed by atoms with Gasteiger partial charge in [0.1, 0.15) is 5.82 Å². The minimum absolute atomic E-state index is 0.174. The Bertz CT molecular complexity index is 550. The zero-order valence-corrected chi connectivity index (χ0v) is 9.05. The molecule has 0 unspecified atom stereocenters. The van der Waals surface area contributed by atoms with Crippen molar-refractivity contribution < 1.29 is 22.5 Å². The number of hydrogen-bond donors (Lipinski definition) is 1. The number of halogens is 3. The number of rotatable bonds is 3. The largest absolute Gasteiger partial charge is 0.416 e. The van der Waals surface area contributed by atoms with Crippen LogP contribution in [0.15, 0.2) is 29.3 Å². The lowest BCUT2D eigenvalue weighted by molar-refractivity contribution is -0.0518. The molecule has 1 aromatic carbocycles. The lowest BCUT2D eigenvalue weighted by atomic mass is 10.1. The van der Waals surface area contributed by atoms with Crippen LogP contribution >= 0.6 is 12.0 Å². The van der Waals surface area contributed by atoms with Crippen LogP contribution in [0.4, 0.5) is 13.2 Å². The highest BCUT2D eigenvalue weighted by molar-refractivity contribution is 7.94.